The number of oxazole rings is 1. The normalized spacial score (nSPS) is 14.4. The molecular formula is C43H51N3O3. The highest BCUT2D eigenvalue weighted by Crippen LogP contribution is 2.28. The van der Waals surface area contributed by atoms with Gasteiger partial charge in [0.25, 0.3) is 0 Å². The van der Waals surface area contributed by atoms with Crippen LogP contribution in [0.3, 0.4) is 0 Å². The van der Waals surface area contributed by atoms with Crippen molar-refractivity contribution in [2.45, 2.75) is 71.4 Å². The van der Waals surface area contributed by atoms with Crippen LogP contribution in [0.4, 0.5) is 5.69 Å². The van der Waals surface area contributed by atoms with Crippen molar-refractivity contribution in [3.63, 3.8) is 0 Å². The zero-order valence-electron chi connectivity index (χ0n) is 29.0. The summed E-state index contributed by atoms with van der Waals surface area (Å²) in [5.41, 5.74) is 5.96. The van der Waals surface area contributed by atoms with Crippen molar-refractivity contribution in [2.75, 3.05) is 31.1 Å². The summed E-state index contributed by atoms with van der Waals surface area (Å²) in [6.07, 6.45) is 24.7. The zero-order chi connectivity index (χ0) is 34.1. The number of para-hydroxylation sites is 1. The van der Waals surface area contributed by atoms with E-state index in [9.17, 15) is 9.59 Å². The molecule has 1 saturated heterocycles. The van der Waals surface area contributed by atoms with Gasteiger partial charge in [-0.05, 0) is 79.8 Å². The highest BCUT2D eigenvalue weighted by atomic mass is 16.4. The first-order valence-electron chi connectivity index (χ1n) is 18.0. The number of rotatable bonds is 18. The molecule has 5 rings (SSSR count). The molecule has 2 heterocycles. The van der Waals surface area contributed by atoms with Gasteiger partial charge in [-0.3, -0.25) is 14.3 Å². The first-order valence-corrected chi connectivity index (χ1v) is 18.0. The number of hydrogen-bond acceptors (Lipinski definition) is 5. The van der Waals surface area contributed by atoms with Crippen molar-refractivity contribution in [3.8, 4) is 11.1 Å². The van der Waals surface area contributed by atoms with E-state index >= 15 is 0 Å². The Hall–Kier alpha value is -4.68. The Labute approximate surface area is 291 Å². The minimum atomic E-state index is -0.465. The van der Waals surface area contributed by atoms with Gasteiger partial charge in [0.1, 0.15) is 0 Å². The molecule has 0 atom stereocenters. The molecule has 4 aromatic rings. The fraction of sp³-hybridized carbons (Fsp3) is 0.349. The van der Waals surface area contributed by atoms with Gasteiger partial charge in [0, 0.05) is 39.1 Å². The Kier molecular flexibility index (Phi) is 14.1. The number of carbonyl (C=O) groups excluding carboxylic acids is 1. The summed E-state index contributed by atoms with van der Waals surface area (Å²) in [6.45, 7) is 6.60. The number of nitrogens with zero attached hydrogens (tertiary/aromatic N) is 3. The number of carbonyl (C=O) groups is 1. The molecule has 0 spiro atoms. The Morgan fingerprint density at radius 1 is 0.735 bits per heavy atom. The molecule has 0 bridgehead atoms. The smallest absolute Gasteiger partial charge is 0.405 e. The van der Waals surface area contributed by atoms with Crippen molar-refractivity contribution < 1.29 is 9.21 Å². The maximum absolute atomic E-state index is 12.9. The summed E-state index contributed by atoms with van der Waals surface area (Å²) >= 11 is 0. The van der Waals surface area contributed by atoms with E-state index in [4.69, 9.17) is 4.42 Å². The van der Waals surface area contributed by atoms with Crippen LogP contribution in [0, 0.1) is 0 Å². The van der Waals surface area contributed by atoms with E-state index in [1.54, 1.807) is 0 Å². The van der Waals surface area contributed by atoms with E-state index < -0.39 is 5.76 Å². The van der Waals surface area contributed by atoms with Crippen LogP contribution in [0.5, 0.6) is 0 Å². The summed E-state index contributed by atoms with van der Waals surface area (Å²) in [4.78, 5) is 30.5. The molecule has 0 amide bonds. The van der Waals surface area contributed by atoms with Gasteiger partial charge in [-0.25, -0.2) is 4.79 Å². The van der Waals surface area contributed by atoms with E-state index in [0.717, 1.165) is 83.4 Å². The standard InChI is InChI=1S/C43H51N3O3/c1-2-3-4-5-6-7-8-9-10-11-12-13-14-15-19-26-39(47)35-46-41-28-21-27-40(42(41)49-43(46)48)45-31-29-44(30-32-45)34-36-22-20-25-38(33-36)37-23-17-16-18-24-37/h3-4,6-7,9-10,12-13,16-18,20-25,27-28,33H,2,5,8,11,14-15,19,26,29-32,34-35H2,1H3. The third-order valence-corrected chi connectivity index (χ3v) is 8.96. The van der Waals surface area contributed by atoms with Crippen LogP contribution in [0.1, 0.15) is 63.9 Å². The lowest BCUT2D eigenvalue weighted by molar-refractivity contribution is -0.119. The van der Waals surface area contributed by atoms with Crippen molar-refractivity contribution >= 4 is 22.6 Å². The molecule has 0 saturated carbocycles. The molecular weight excluding hydrogens is 606 g/mol. The second-order valence-electron chi connectivity index (χ2n) is 12.7. The molecule has 1 aromatic heterocycles. The Morgan fingerprint density at radius 3 is 2.14 bits per heavy atom. The fourth-order valence-electron chi connectivity index (χ4n) is 6.29. The van der Waals surface area contributed by atoms with E-state index in [-0.39, 0.29) is 12.3 Å². The van der Waals surface area contributed by atoms with Gasteiger partial charge in [-0.2, -0.15) is 0 Å². The number of allylic oxidation sites excluding steroid dienone is 8. The molecule has 0 N–H and O–H groups in total. The van der Waals surface area contributed by atoms with Crippen LogP contribution in [-0.4, -0.2) is 41.4 Å². The number of fused-ring (bicyclic) bond motifs is 1. The molecule has 6 nitrogen and oxygen atoms in total. The summed E-state index contributed by atoms with van der Waals surface area (Å²) in [5.74, 6) is -0.405. The lowest BCUT2D eigenvalue weighted by Crippen LogP contribution is -2.46. The number of benzene rings is 3. The van der Waals surface area contributed by atoms with E-state index in [1.807, 2.05) is 24.3 Å². The van der Waals surface area contributed by atoms with Gasteiger partial charge >= 0.3 is 5.76 Å². The highest BCUT2D eigenvalue weighted by Gasteiger charge is 2.22. The van der Waals surface area contributed by atoms with Crippen LogP contribution < -0.4 is 10.7 Å². The molecule has 1 aliphatic heterocycles. The number of Topliss-reactive ketones (excluding diaryl/α,β-unsaturated/α-hetero) is 1. The number of hydrogen-bond donors (Lipinski definition) is 0. The SMILES string of the molecule is CCC=CCC=CCC=CCC=CCCCCC(=O)Cn1c(=O)oc2c(N3CCN(Cc4cccc(-c5ccccc5)c4)CC3)cccc21. The molecule has 0 radical (unpaired) electrons. The van der Waals surface area contributed by atoms with Gasteiger partial charge in [0.15, 0.2) is 11.4 Å². The van der Waals surface area contributed by atoms with Gasteiger partial charge in [-0.15, -0.1) is 0 Å². The fourth-order valence-corrected chi connectivity index (χ4v) is 6.29. The number of piperazine rings is 1. The Balaban J connectivity index is 1.05. The Morgan fingerprint density at radius 2 is 1.41 bits per heavy atom. The minimum absolute atomic E-state index is 0.0507. The van der Waals surface area contributed by atoms with Crippen molar-refractivity contribution in [3.05, 3.63) is 138 Å². The van der Waals surface area contributed by atoms with Crippen molar-refractivity contribution in [1.29, 1.82) is 0 Å². The molecule has 6 heteroatoms. The molecule has 0 unspecified atom stereocenters. The average molecular weight is 658 g/mol. The van der Waals surface area contributed by atoms with Crippen LogP contribution in [-0.2, 0) is 17.9 Å². The van der Waals surface area contributed by atoms with Gasteiger partial charge < -0.3 is 9.32 Å². The zero-order valence-corrected chi connectivity index (χ0v) is 29.0. The molecule has 3 aromatic carbocycles. The first kappa shape index (κ1) is 35.6. The summed E-state index contributed by atoms with van der Waals surface area (Å²) < 4.78 is 7.27. The second kappa shape index (κ2) is 19.4. The topological polar surface area (TPSA) is 58.7 Å². The summed E-state index contributed by atoms with van der Waals surface area (Å²) in [6, 6.07) is 25.1. The number of unbranched alkanes of at least 4 members (excludes halogenated alkanes) is 2. The number of ketones is 1. The van der Waals surface area contributed by atoms with Gasteiger partial charge in [0.05, 0.1) is 17.7 Å². The molecule has 1 fully saturated rings. The predicted molar refractivity (Wildman–Crippen MR) is 204 cm³/mol. The maximum Gasteiger partial charge on any atom is 0.420 e. The average Bonchev–Trinajstić information content (AvgIpc) is 3.45. The summed E-state index contributed by atoms with van der Waals surface area (Å²) in [7, 11) is 0. The van der Waals surface area contributed by atoms with Crippen molar-refractivity contribution in [2.24, 2.45) is 0 Å². The molecule has 0 aliphatic carbocycles. The third-order valence-electron chi connectivity index (χ3n) is 8.96. The number of aromatic nitrogens is 1. The van der Waals surface area contributed by atoms with E-state index in [0.29, 0.717) is 17.5 Å². The molecule has 256 valence electrons. The minimum Gasteiger partial charge on any atom is -0.405 e. The maximum atomic E-state index is 12.9. The predicted octanol–water partition coefficient (Wildman–Crippen LogP) is 9.52. The van der Waals surface area contributed by atoms with Gasteiger partial charge in [0.2, 0.25) is 0 Å². The summed E-state index contributed by atoms with van der Waals surface area (Å²) in [5, 5.41) is 0. The lowest BCUT2D eigenvalue weighted by Gasteiger charge is -2.36. The molecule has 1 aliphatic rings. The van der Waals surface area contributed by atoms with Gasteiger partial charge in [-0.1, -0.05) is 110 Å². The quantitative estimate of drug-likeness (QED) is 0.0788. The lowest BCUT2D eigenvalue weighted by atomic mass is 10.0. The number of anilines is 1. The van der Waals surface area contributed by atoms with Crippen molar-refractivity contribution in [1.82, 2.24) is 9.47 Å². The van der Waals surface area contributed by atoms with Crippen LogP contribution in [0.25, 0.3) is 22.2 Å². The van der Waals surface area contributed by atoms with Crippen LogP contribution in [0.2, 0.25) is 0 Å². The third kappa shape index (κ3) is 10.9. The van der Waals surface area contributed by atoms with E-state index in [2.05, 4.69) is 114 Å². The second-order valence-corrected chi connectivity index (χ2v) is 12.7. The molecule has 49 heavy (non-hydrogen) atoms. The first-order chi connectivity index (χ1) is 24.1. The highest BCUT2D eigenvalue weighted by molar-refractivity contribution is 5.88. The largest absolute Gasteiger partial charge is 0.420 e. The monoisotopic (exact) mass is 657 g/mol. The van der Waals surface area contributed by atoms with Crippen LogP contribution >= 0.6 is 0 Å². The Bertz CT molecular complexity index is 1790. The van der Waals surface area contributed by atoms with Crippen LogP contribution in [0.15, 0.2) is 131 Å². The van der Waals surface area contributed by atoms with E-state index in [1.165, 1.54) is 21.3 Å².